The Kier molecular flexibility index (Phi) is 8.74. The summed E-state index contributed by atoms with van der Waals surface area (Å²) in [5, 5.41) is 10.5. The summed E-state index contributed by atoms with van der Waals surface area (Å²) >= 11 is 7.57. The van der Waals surface area contributed by atoms with E-state index in [1.54, 1.807) is 18.4 Å². The van der Waals surface area contributed by atoms with Gasteiger partial charge in [-0.05, 0) is 24.1 Å². The molecule has 7 heteroatoms. The summed E-state index contributed by atoms with van der Waals surface area (Å²) in [6.07, 6.45) is 0.980. The molecule has 0 fully saturated rings. The van der Waals surface area contributed by atoms with Crippen LogP contribution in [0.1, 0.15) is 23.2 Å². The molecule has 0 aliphatic rings. The monoisotopic (exact) mass is 450 g/mol. The molecular formula is C15H20ClIN4S. The molecule has 4 nitrogen and oxygen atoms in total. The van der Waals surface area contributed by atoms with E-state index in [9.17, 15) is 0 Å². The Bertz CT molecular complexity index is 598. The smallest absolute Gasteiger partial charge is 0.191 e. The Morgan fingerprint density at radius 1 is 1.23 bits per heavy atom. The maximum atomic E-state index is 5.87. The summed E-state index contributed by atoms with van der Waals surface area (Å²) in [5.74, 6) is 0.760. The van der Waals surface area contributed by atoms with Crippen LogP contribution in [0.5, 0.6) is 0 Å². The lowest BCUT2D eigenvalue weighted by atomic mass is 10.2. The second-order valence-electron chi connectivity index (χ2n) is 4.49. The van der Waals surface area contributed by atoms with Crippen LogP contribution in [0.15, 0.2) is 34.6 Å². The molecular weight excluding hydrogens is 431 g/mol. The van der Waals surface area contributed by atoms with Gasteiger partial charge in [0.1, 0.15) is 0 Å². The van der Waals surface area contributed by atoms with Crippen LogP contribution in [-0.2, 0) is 19.5 Å². The van der Waals surface area contributed by atoms with Crippen LogP contribution in [-0.4, -0.2) is 18.0 Å². The van der Waals surface area contributed by atoms with Gasteiger partial charge in [-0.25, -0.2) is 4.98 Å². The van der Waals surface area contributed by atoms with Crippen LogP contribution in [0.3, 0.4) is 0 Å². The zero-order chi connectivity index (χ0) is 15.1. The summed E-state index contributed by atoms with van der Waals surface area (Å²) < 4.78 is 0. The zero-order valence-corrected chi connectivity index (χ0v) is 16.5. The molecule has 0 unspecified atom stereocenters. The number of guanidine groups is 1. The number of hydrogen-bond donors (Lipinski definition) is 2. The highest BCUT2D eigenvalue weighted by Crippen LogP contribution is 2.10. The minimum atomic E-state index is 0. The average Bonchev–Trinajstić information content (AvgIpc) is 2.97. The van der Waals surface area contributed by atoms with Gasteiger partial charge < -0.3 is 10.6 Å². The van der Waals surface area contributed by atoms with E-state index in [0.717, 1.165) is 33.7 Å². The molecule has 0 saturated heterocycles. The molecule has 2 aromatic rings. The van der Waals surface area contributed by atoms with Crippen molar-refractivity contribution in [1.82, 2.24) is 15.6 Å². The summed E-state index contributed by atoms with van der Waals surface area (Å²) in [6, 6.07) is 7.76. The first-order chi connectivity index (χ1) is 10.2. The SMILES string of the molecule is CCc1nc(CNC(=NC)NCc2ccc(Cl)cc2)cs1.I. The van der Waals surface area contributed by atoms with E-state index in [1.165, 1.54) is 0 Å². The molecule has 22 heavy (non-hydrogen) atoms. The van der Waals surface area contributed by atoms with Crippen LogP contribution in [0, 0.1) is 0 Å². The normalized spacial score (nSPS) is 11.0. The second kappa shape index (κ2) is 10.0. The van der Waals surface area contributed by atoms with Gasteiger partial charge in [0.25, 0.3) is 0 Å². The van der Waals surface area contributed by atoms with Gasteiger partial charge in [0, 0.05) is 24.0 Å². The lowest BCUT2D eigenvalue weighted by Crippen LogP contribution is -2.36. The molecule has 2 rings (SSSR count). The number of halogens is 2. The average molecular weight is 451 g/mol. The third kappa shape index (κ3) is 6.10. The second-order valence-corrected chi connectivity index (χ2v) is 5.87. The summed E-state index contributed by atoms with van der Waals surface area (Å²) in [7, 11) is 1.76. The van der Waals surface area contributed by atoms with Crippen LogP contribution in [0.25, 0.3) is 0 Å². The molecule has 0 bridgehead atoms. The van der Waals surface area contributed by atoms with Gasteiger partial charge in [-0.2, -0.15) is 0 Å². The Morgan fingerprint density at radius 3 is 2.50 bits per heavy atom. The number of nitrogens with one attached hydrogen (secondary N) is 2. The first kappa shape index (κ1) is 19.2. The van der Waals surface area contributed by atoms with Crippen LogP contribution >= 0.6 is 46.9 Å². The molecule has 0 aliphatic carbocycles. The highest BCUT2D eigenvalue weighted by Gasteiger charge is 2.02. The van der Waals surface area contributed by atoms with E-state index < -0.39 is 0 Å². The van der Waals surface area contributed by atoms with Gasteiger partial charge in [-0.3, -0.25) is 4.99 Å². The highest BCUT2D eigenvalue weighted by atomic mass is 127. The van der Waals surface area contributed by atoms with Gasteiger partial charge in [0.2, 0.25) is 0 Å². The maximum Gasteiger partial charge on any atom is 0.191 e. The van der Waals surface area contributed by atoms with Crippen molar-refractivity contribution in [2.75, 3.05) is 7.05 Å². The quantitative estimate of drug-likeness (QED) is 0.413. The van der Waals surface area contributed by atoms with Crippen molar-refractivity contribution in [2.24, 2.45) is 4.99 Å². The van der Waals surface area contributed by atoms with Gasteiger partial charge in [0.15, 0.2) is 5.96 Å². The van der Waals surface area contributed by atoms with Gasteiger partial charge in [-0.15, -0.1) is 35.3 Å². The Morgan fingerprint density at radius 2 is 1.91 bits per heavy atom. The molecule has 0 atom stereocenters. The van der Waals surface area contributed by atoms with Crippen molar-refractivity contribution in [3.63, 3.8) is 0 Å². The van der Waals surface area contributed by atoms with Crippen molar-refractivity contribution in [3.05, 3.63) is 50.9 Å². The fourth-order valence-electron chi connectivity index (χ4n) is 1.78. The molecule has 0 amide bonds. The number of benzene rings is 1. The van der Waals surface area contributed by atoms with E-state index in [2.05, 4.69) is 32.9 Å². The van der Waals surface area contributed by atoms with E-state index in [4.69, 9.17) is 11.6 Å². The number of nitrogens with zero attached hydrogens (tertiary/aromatic N) is 2. The number of aliphatic imine (C=N–C) groups is 1. The summed E-state index contributed by atoms with van der Waals surface area (Å²) in [6.45, 7) is 3.49. The van der Waals surface area contributed by atoms with Crippen molar-refractivity contribution >= 4 is 52.9 Å². The number of rotatable bonds is 5. The van der Waals surface area contributed by atoms with E-state index in [0.29, 0.717) is 13.1 Å². The number of thiazole rings is 1. The first-order valence-corrected chi connectivity index (χ1v) is 8.09. The van der Waals surface area contributed by atoms with Crippen molar-refractivity contribution in [2.45, 2.75) is 26.4 Å². The molecule has 1 aromatic heterocycles. The lowest BCUT2D eigenvalue weighted by Gasteiger charge is -2.11. The third-order valence-electron chi connectivity index (χ3n) is 2.94. The van der Waals surface area contributed by atoms with Crippen LogP contribution < -0.4 is 10.6 Å². The van der Waals surface area contributed by atoms with Crippen molar-refractivity contribution < 1.29 is 0 Å². The van der Waals surface area contributed by atoms with Crippen molar-refractivity contribution in [3.8, 4) is 0 Å². The molecule has 0 spiro atoms. The molecule has 1 heterocycles. The molecule has 0 saturated carbocycles. The fourth-order valence-corrected chi connectivity index (χ4v) is 2.65. The maximum absolute atomic E-state index is 5.87. The largest absolute Gasteiger partial charge is 0.352 e. The highest BCUT2D eigenvalue weighted by molar-refractivity contribution is 14.0. The van der Waals surface area contributed by atoms with Gasteiger partial charge in [-0.1, -0.05) is 30.7 Å². The number of aryl methyl sites for hydroxylation is 1. The zero-order valence-electron chi connectivity index (χ0n) is 12.6. The summed E-state index contributed by atoms with van der Waals surface area (Å²) in [4.78, 5) is 8.73. The Balaban J connectivity index is 0.00000242. The third-order valence-corrected chi connectivity index (χ3v) is 4.23. The fraction of sp³-hybridized carbons (Fsp3) is 0.333. The molecule has 1 aromatic carbocycles. The standard InChI is InChI=1S/C15H19ClN4S.HI/c1-3-14-20-13(10-21-14)9-19-15(17-2)18-8-11-4-6-12(16)7-5-11;/h4-7,10H,3,8-9H2,1-2H3,(H2,17,18,19);1H. The lowest BCUT2D eigenvalue weighted by molar-refractivity contribution is 0.795. The molecule has 0 radical (unpaired) electrons. The van der Waals surface area contributed by atoms with Gasteiger partial charge in [0.05, 0.1) is 17.2 Å². The van der Waals surface area contributed by atoms with Crippen LogP contribution in [0.2, 0.25) is 5.02 Å². The topological polar surface area (TPSA) is 49.3 Å². The predicted molar refractivity (Wildman–Crippen MR) is 105 cm³/mol. The van der Waals surface area contributed by atoms with Gasteiger partial charge >= 0.3 is 0 Å². The molecule has 2 N–H and O–H groups in total. The Labute approximate surface area is 157 Å². The van der Waals surface area contributed by atoms with Crippen LogP contribution in [0.4, 0.5) is 0 Å². The minimum absolute atomic E-state index is 0. The first-order valence-electron chi connectivity index (χ1n) is 6.83. The Hall–Kier alpha value is -0.860. The minimum Gasteiger partial charge on any atom is -0.352 e. The summed E-state index contributed by atoms with van der Waals surface area (Å²) in [5.41, 5.74) is 2.20. The van der Waals surface area contributed by atoms with E-state index in [1.807, 2.05) is 24.3 Å². The molecule has 0 aliphatic heterocycles. The van der Waals surface area contributed by atoms with E-state index >= 15 is 0 Å². The van der Waals surface area contributed by atoms with E-state index in [-0.39, 0.29) is 24.0 Å². The predicted octanol–water partition coefficient (Wildman–Crippen LogP) is 3.84. The number of aromatic nitrogens is 1. The molecule has 120 valence electrons. The van der Waals surface area contributed by atoms with Crippen molar-refractivity contribution in [1.29, 1.82) is 0 Å². The number of hydrogen-bond acceptors (Lipinski definition) is 3.